The van der Waals surface area contributed by atoms with E-state index in [4.69, 9.17) is 5.73 Å². The predicted octanol–water partition coefficient (Wildman–Crippen LogP) is 1.52. The van der Waals surface area contributed by atoms with E-state index in [2.05, 4.69) is 0 Å². The number of nitrogens with two attached hydrogens (primary N) is 1. The second-order valence-corrected chi connectivity index (χ2v) is 5.80. The molecule has 0 aromatic rings. The highest BCUT2D eigenvalue weighted by Gasteiger charge is 2.56. The van der Waals surface area contributed by atoms with Crippen molar-refractivity contribution in [2.24, 2.45) is 28.9 Å². The Morgan fingerprint density at radius 1 is 1.29 bits per heavy atom. The first kappa shape index (κ1) is 9.17. The van der Waals surface area contributed by atoms with E-state index in [1.807, 2.05) is 0 Å². The number of aliphatic hydroxyl groups is 1. The zero-order valence-corrected chi connectivity index (χ0v) is 8.78. The summed E-state index contributed by atoms with van der Waals surface area (Å²) in [5.41, 5.74) is 6.09. The molecule has 0 aromatic carbocycles. The minimum Gasteiger partial charge on any atom is -0.392 e. The minimum absolute atomic E-state index is 0.0807. The summed E-state index contributed by atoms with van der Waals surface area (Å²) in [4.78, 5) is 0. The summed E-state index contributed by atoms with van der Waals surface area (Å²) in [6.45, 7) is 0.714. The second-order valence-electron chi connectivity index (χ2n) is 5.80. The second kappa shape index (κ2) is 2.96. The summed E-state index contributed by atoms with van der Waals surface area (Å²) >= 11 is 0. The number of fused-ring (bicyclic) bond motifs is 2. The summed E-state index contributed by atoms with van der Waals surface area (Å²) in [5.74, 6) is 2.22. The van der Waals surface area contributed by atoms with E-state index in [1.165, 1.54) is 38.5 Å². The average Bonchev–Trinajstić information content (AvgIpc) is 2.87. The zero-order valence-electron chi connectivity index (χ0n) is 8.78. The first-order chi connectivity index (χ1) is 6.76. The van der Waals surface area contributed by atoms with Gasteiger partial charge in [0, 0.05) is 12.0 Å². The van der Waals surface area contributed by atoms with Crippen LogP contribution in [0.2, 0.25) is 0 Å². The van der Waals surface area contributed by atoms with Gasteiger partial charge in [-0.2, -0.15) is 0 Å². The third kappa shape index (κ3) is 1.10. The minimum atomic E-state index is -0.0807. The Bertz CT molecular complexity index is 238. The first-order valence-corrected chi connectivity index (χ1v) is 6.14. The SMILES string of the molecule is NCC1(C(O)C2CC2)CC2CCC1C2. The van der Waals surface area contributed by atoms with E-state index in [-0.39, 0.29) is 11.5 Å². The number of hydrogen-bond donors (Lipinski definition) is 2. The molecule has 4 unspecified atom stereocenters. The van der Waals surface area contributed by atoms with Crippen LogP contribution in [0.3, 0.4) is 0 Å². The Hall–Kier alpha value is -0.0800. The van der Waals surface area contributed by atoms with Gasteiger partial charge < -0.3 is 10.8 Å². The monoisotopic (exact) mass is 195 g/mol. The van der Waals surface area contributed by atoms with Gasteiger partial charge in [-0.05, 0) is 49.9 Å². The number of aliphatic hydroxyl groups excluding tert-OH is 1. The lowest BCUT2D eigenvalue weighted by Gasteiger charge is -2.41. The Morgan fingerprint density at radius 2 is 2.07 bits per heavy atom. The maximum atomic E-state index is 10.4. The van der Waals surface area contributed by atoms with Gasteiger partial charge in [0.25, 0.3) is 0 Å². The van der Waals surface area contributed by atoms with Crippen LogP contribution in [0.5, 0.6) is 0 Å². The highest BCUT2D eigenvalue weighted by atomic mass is 16.3. The molecule has 14 heavy (non-hydrogen) atoms. The van der Waals surface area contributed by atoms with Gasteiger partial charge in [-0.15, -0.1) is 0 Å². The van der Waals surface area contributed by atoms with Crippen LogP contribution in [0.15, 0.2) is 0 Å². The van der Waals surface area contributed by atoms with Crippen molar-refractivity contribution in [3.8, 4) is 0 Å². The fourth-order valence-electron chi connectivity index (χ4n) is 4.10. The maximum absolute atomic E-state index is 10.4. The lowest BCUT2D eigenvalue weighted by molar-refractivity contribution is -0.0250. The lowest BCUT2D eigenvalue weighted by atomic mass is 9.68. The highest BCUT2D eigenvalue weighted by Crippen LogP contribution is 2.59. The number of hydrogen-bond acceptors (Lipinski definition) is 2. The van der Waals surface area contributed by atoms with Gasteiger partial charge in [0.2, 0.25) is 0 Å². The predicted molar refractivity (Wildman–Crippen MR) is 55.7 cm³/mol. The van der Waals surface area contributed by atoms with Gasteiger partial charge in [0.05, 0.1) is 6.10 Å². The molecule has 0 radical (unpaired) electrons. The van der Waals surface area contributed by atoms with Crippen molar-refractivity contribution in [1.29, 1.82) is 0 Å². The molecule has 4 atom stereocenters. The molecule has 0 aliphatic heterocycles. The van der Waals surface area contributed by atoms with Crippen LogP contribution in [-0.2, 0) is 0 Å². The summed E-state index contributed by atoms with van der Waals surface area (Å²) in [5, 5.41) is 10.4. The van der Waals surface area contributed by atoms with E-state index in [1.54, 1.807) is 0 Å². The molecule has 3 aliphatic carbocycles. The Balaban J connectivity index is 1.83. The molecule has 3 saturated carbocycles. The average molecular weight is 195 g/mol. The quantitative estimate of drug-likeness (QED) is 0.717. The largest absolute Gasteiger partial charge is 0.392 e. The number of rotatable bonds is 3. The highest BCUT2D eigenvalue weighted by molar-refractivity contribution is 5.07. The molecule has 80 valence electrons. The van der Waals surface area contributed by atoms with Crippen molar-refractivity contribution in [2.75, 3.05) is 6.54 Å². The summed E-state index contributed by atoms with van der Waals surface area (Å²) in [7, 11) is 0. The molecule has 2 heteroatoms. The van der Waals surface area contributed by atoms with Crippen LogP contribution < -0.4 is 5.73 Å². The molecule has 3 rings (SSSR count). The summed E-state index contributed by atoms with van der Waals surface area (Å²) < 4.78 is 0. The molecular formula is C12H21NO. The zero-order chi connectivity index (χ0) is 9.76. The molecule has 3 aliphatic rings. The third-order valence-electron chi connectivity index (χ3n) is 5.06. The van der Waals surface area contributed by atoms with Crippen molar-refractivity contribution in [3.05, 3.63) is 0 Å². The molecule has 0 spiro atoms. The molecule has 0 amide bonds. The molecule has 2 nitrogen and oxygen atoms in total. The Labute approximate surface area is 85.9 Å². The molecule has 0 saturated heterocycles. The van der Waals surface area contributed by atoms with Gasteiger partial charge in [-0.1, -0.05) is 6.42 Å². The van der Waals surface area contributed by atoms with E-state index >= 15 is 0 Å². The summed E-state index contributed by atoms with van der Waals surface area (Å²) in [6.07, 6.45) is 7.67. The topological polar surface area (TPSA) is 46.2 Å². The van der Waals surface area contributed by atoms with E-state index in [0.29, 0.717) is 12.5 Å². The molecule has 2 bridgehead atoms. The van der Waals surface area contributed by atoms with Crippen LogP contribution in [-0.4, -0.2) is 17.8 Å². The normalized spacial score (nSPS) is 48.4. The van der Waals surface area contributed by atoms with Crippen molar-refractivity contribution in [1.82, 2.24) is 0 Å². The molecular weight excluding hydrogens is 174 g/mol. The molecule has 3 fully saturated rings. The van der Waals surface area contributed by atoms with Gasteiger partial charge in [0.1, 0.15) is 0 Å². The van der Waals surface area contributed by atoms with Crippen LogP contribution in [0.25, 0.3) is 0 Å². The lowest BCUT2D eigenvalue weighted by Crippen LogP contribution is -2.46. The molecule has 0 heterocycles. The summed E-state index contributed by atoms with van der Waals surface area (Å²) in [6, 6.07) is 0. The van der Waals surface area contributed by atoms with Crippen LogP contribution in [0.1, 0.15) is 38.5 Å². The van der Waals surface area contributed by atoms with Gasteiger partial charge in [-0.25, -0.2) is 0 Å². The van der Waals surface area contributed by atoms with Crippen molar-refractivity contribution < 1.29 is 5.11 Å². The fraction of sp³-hybridized carbons (Fsp3) is 1.00. The van der Waals surface area contributed by atoms with Gasteiger partial charge >= 0.3 is 0 Å². The molecule has 0 aromatic heterocycles. The van der Waals surface area contributed by atoms with E-state index in [9.17, 15) is 5.11 Å². The fourth-order valence-corrected chi connectivity index (χ4v) is 4.10. The maximum Gasteiger partial charge on any atom is 0.0639 e. The van der Waals surface area contributed by atoms with E-state index < -0.39 is 0 Å². The van der Waals surface area contributed by atoms with Crippen molar-refractivity contribution in [3.63, 3.8) is 0 Å². The van der Waals surface area contributed by atoms with Crippen molar-refractivity contribution in [2.45, 2.75) is 44.6 Å². The standard InChI is InChI=1S/C12H21NO/c13-7-12(11(14)9-2-3-9)6-8-1-4-10(12)5-8/h8-11,14H,1-7,13H2. The molecule has 3 N–H and O–H groups in total. The van der Waals surface area contributed by atoms with E-state index in [0.717, 1.165) is 11.8 Å². The van der Waals surface area contributed by atoms with Crippen molar-refractivity contribution >= 4 is 0 Å². The van der Waals surface area contributed by atoms with Crippen LogP contribution >= 0.6 is 0 Å². The van der Waals surface area contributed by atoms with Gasteiger partial charge in [0.15, 0.2) is 0 Å². The van der Waals surface area contributed by atoms with Crippen LogP contribution in [0, 0.1) is 23.2 Å². The first-order valence-electron chi connectivity index (χ1n) is 6.14. The van der Waals surface area contributed by atoms with Gasteiger partial charge in [-0.3, -0.25) is 0 Å². The van der Waals surface area contributed by atoms with Crippen LogP contribution in [0.4, 0.5) is 0 Å². The Kier molecular flexibility index (Phi) is 1.94. The smallest absolute Gasteiger partial charge is 0.0639 e. The Morgan fingerprint density at radius 3 is 2.50 bits per heavy atom. The third-order valence-corrected chi connectivity index (χ3v) is 5.06.